The normalized spacial score (nSPS) is 26.8. The van der Waals surface area contributed by atoms with Gasteiger partial charge in [0.2, 0.25) is 0 Å². The molecule has 1 aliphatic heterocycles. The molecule has 0 saturated carbocycles. The first-order valence-electron chi connectivity index (χ1n) is 11.9. The molecule has 1 aliphatic rings. The van der Waals surface area contributed by atoms with Crippen molar-refractivity contribution in [2.75, 3.05) is 38.0 Å². The number of nitrogens with zero attached hydrogens (tertiary/aromatic N) is 2. The molecule has 0 spiro atoms. The molecule has 5 heteroatoms. The first-order chi connectivity index (χ1) is 16.1. The molecular weight excluding hydrogens is 425 g/mol. The van der Waals surface area contributed by atoms with Gasteiger partial charge in [0, 0.05) is 63.5 Å². The second kappa shape index (κ2) is 9.40. The summed E-state index contributed by atoms with van der Waals surface area (Å²) in [5.74, 6) is -0.584. The van der Waals surface area contributed by atoms with Crippen LogP contribution in [-0.2, 0) is 5.60 Å². The van der Waals surface area contributed by atoms with E-state index in [-0.39, 0.29) is 29.7 Å². The van der Waals surface area contributed by atoms with Gasteiger partial charge < -0.3 is 20.2 Å². The zero-order valence-electron chi connectivity index (χ0n) is 21.0. The molecule has 4 nitrogen and oxygen atoms in total. The molecule has 0 aliphatic carbocycles. The number of piperidine rings is 1. The average molecular weight is 462 g/mol. The van der Waals surface area contributed by atoms with Gasteiger partial charge in [0.1, 0.15) is 5.82 Å². The van der Waals surface area contributed by atoms with E-state index in [9.17, 15) is 9.50 Å². The van der Waals surface area contributed by atoms with E-state index < -0.39 is 5.60 Å². The fourth-order valence-corrected chi connectivity index (χ4v) is 5.38. The maximum Gasteiger partial charge on any atom is 0.123 e. The quantitative estimate of drug-likeness (QED) is 0.526. The topological polar surface area (TPSA) is 38.7 Å². The van der Waals surface area contributed by atoms with E-state index in [0.717, 1.165) is 28.1 Å². The summed E-state index contributed by atoms with van der Waals surface area (Å²) >= 11 is 0. The zero-order valence-corrected chi connectivity index (χ0v) is 21.0. The molecule has 0 aromatic heterocycles. The van der Waals surface area contributed by atoms with E-state index >= 15 is 0 Å². The maximum atomic E-state index is 13.8. The van der Waals surface area contributed by atoms with Crippen LogP contribution in [-0.4, -0.2) is 33.3 Å². The molecule has 180 valence electrons. The SMILES string of the molecule is CC1C(c2ccc(N(C)C)cc2)NC(c2ccc(N(C)C)cc2)C(C)C1(O)c1ccc(F)cc1. The highest BCUT2D eigenvalue weighted by atomic mass is 19.1. The molecule has 4 unspecified atom stereocenters. The molecule has 1 fully saturated rings. The summed E-state index contributed by atoms with van der Waals surface area (Å²) in [7, 11) is 8.11. The van der Waals surface area contributed by atoms with Crippen molar-refractivity contribution in [2.45, 2.75) is 31.5 Å². The molecule has 0 amide bonds. The minimum Gasteiger partial charge on any atom is -0.384 e. The Hall–Kier alpha value is -2.89. The largest absolute Gasteiger partial charge is 0.384 e. The van der Waals surface area contributed by atoms with Crippen molar-refractivity contribution in [2.24, 2.45) is 11.8 Å². The number of nitrogens with one attached hydrogen (secondary N) is 1. The van der Waals surface area contributed by atoms with Gasteiger partial charge in [0.25, 0.3) is 0 Å². The first kappa shape index (κ1) is 24.2. The van der Waals surface area contributed by atoms with Gasteiger partial charge in [-0.1, -0.05) is 50.2 Å². The van der Waals surface area contributed by atoms with Crippen molar-refractivity contribution in [3.63, 3.8) is 0 Å². The van der Waals surface area contributed by atoms with Crippen molar-refractivity contribution >= 4 is 11.4 Å². The van der Waals surface area contributed by atoms with Crippen LogP contribution in [0.2, 0.25) is 0 Å². The third kappa shape index (κ3) is 4.30. The molecule has 34 heavy (non-hydrogen) atoms. The van der Waals surface area contributed by atoms with Gasteiger partial charge in [-0.3, -0.25) is 0 Å². The second-order valence-corrected chi connectivity index (χ2v) is 10.0. The molecule has 2 N–H and O–H groups in total. The summed E-state index contributed by atoms with van der Waals surface area (Å²) < 4.78 is 13.8. The lowest BCUT2D eigenvalue weighted by molar-refractivity contribution is -0.118. The highest BCUT2D eigenvalue weighted by Gasteiger charge is 2.52. The van der Waals surface area contributed by atoms with E-state index in [1.165, 1.54) is 12.1 Å². The first-order valence-corrected chi connectivity index (χ1v) is 11.9. The van der Waals surface area contributed by atoms with Gasteiger partial charge in [0.15, 0.2) is 0 Å². The van der Waals surface area contributed by atoms with Crippen LogP contribution in [0.15, 0.2) is 72.8 Å². The van der Waals surface area contributed by atoms with Crippen LogP contribution in [0.5, 0.6) is 0 Å². The number of hydrogen-bond donors (Lipinski definition) is 2. The molecule has 1 saturated heterocycles. The Morgan fingerprint density at radius 3 is 1.41 bits per heavy atom. The summed E-state index contributed by atoms with van der Waals surface area (Å²) in [5, 5.41) is 16.2. The molecule has 0 radical (unpaired) electrons. The van der Waals surface area contributed by atoms with Gasteiger partial charge >= 0.3 is 0 Å². The Morgan fingerprint density at radius 1 is 0.676 bits per heavy atom. The van der Waals surface area contributed by atoms with Crippen molar-refractivity contribution in [3.8, 4) is 0 Å². The summed E-state index contributed by atoms with van der Waals surface area (Å²) in [5.41, 5.74) is 4.12. The van der Waals surface area contributed by atoms with Crippen molar-refractivity contribution < 1.29 is 9.50 Å². The van der Waals surface area contributed by atoms with Crippen LogP contribution < -0.4 is 15.1 Å². The number of benzene rings is 3. The van der Waals surface area contributed by atoms with Crippen molar-refractivity contribution in [3.05, 3.63) is 95.3 Å². The standard InChI is InChI=1S/C29H36FN3O/c1-19-27(21-7-15-25(16-8-21)32(3)4)31-28(22-9-17-26(18-10-22)33(5)6)20(2)29(19,34)23-11-13-24(30)14-12-23/h7-20,27-28,31,34H,1-6H3. The lowest BCUT2D eigenvalue weighted by Crippen LogP contribution is -2.55. The molecule has 0 bridgehead atoms. The predicted octanol–water partition coefficient (Wildman–Crippen LogP) is 5.50. The molecule has 1 heterocycles. The Bertz CT molecular complexity index is 1030. The van der Waals surface area contributed by atoms with Crippen LogP contribution in [0.3, 0.4) is 0 Å². The van der Waals surface area contributed by atoms with Crippen LogP contribution in [0.25, 0.3) is 0 Å². The zero-order chi connectivity index (χ0) is 24.6. The Labute approximate surface area is 203 Å². The third-order valence-electron chi connectivity index (χ3n) is 7.59. The Morgan fingerprint density at radius 2 is 1.06 bits per heavy atom. The lowest BCUT2D eigenvalue weighted by atomic mass is 9.63. The molecule has 3 aromatic rings. The predicted molar refractivity (Wildman–Crippen MR) is 139 cm³/mol. The van der Waals surface area contributed by atoms with E-state index in [2.05, 4.69) is 77.5 Å². The van der Waals surface area contributed by atoms with Gasteiger partial charge in [-0.05, 0) is 53.1 Å². The summed E-state index contributed by atoms with van der Waals surface area (Å²) in [6, 6.07) is 23.2. The monoisotopic (exact) mass is 461 g/mol. The Kier molecular flexibility index (Phi) is 6.70. The highest BCUT2D eigenvalue weighted by molar-refractivity contribution is 5.48. The lowest BCUT2D eigenvalue weighted by Gasteiger charge is -2.52. The number of aliphatic hydroxyl groups is 1. The second-order valence-electron chi connectivity index (χ2n) is 10.0. The number of anilines is 2. The summed E-state index contributed by atoms with van der Waals surface area (Å²) in [6.07, 6.45) is 0. The molecule has 3 aromatic carbocycles. The molecule has 4 rings (SSSR count). The number of hydrogen-bond acceptors (Lipinski definition) is 4. The minimum atomic E-state index is -1.14. The fraction of sp³-hybridized carbons (Fsp3) is 0.379. The van der Waals surface area contributed by atoms with Gasteiger partial charge in [0.05, 0.1) is 5.60 Å². The van der Waals surface area contributed by atoms with Crippen LogP contribution in [0, 0.1) is 17.7 Å². The molecule has 4 atom stereocenters. The smallest absolute Gasteiger partial charge is 0.123 e. The van der Waals surface area contributed by atoms with Gasteiger partial charge in [-0.15, -0.1) is 0 Å². The fourth-order valence-electron chi connectivity index (χ4n) is 5.38. The van der Waals surface area contributed by atoms with Crippen LogP contribution >= 0.6 is 0 Å². The minimum absolute atomic E-state index is 0.0824. The van der Waals surface area contributed by atoms with Gasteiger partial charge in [-0.2, -0.15) is 0 Å². The van der Waals surface area contributed by atoms with Crippen LogP contribution in [0.4, 0.5) is 15.8 Å². The highest BCUT2D eigenvalue weighted by Crippen LogP contribution is 2.52. The third-order valence-corrected chi connectivity index (χ3v) is 7.59. The van der Waals surface area contributed by atoms with Gasteiger partial charge in [-0.25, -0.2) is 4.39 Å². The van der Waals surface area contributed by atoms with E-state index in [1.54, 1.807) is 12.1 Å². The summed E-state index contributed by atoms with van der Waals surface area (Å²) in [4.78, 5) is 4.15. The number of rotatable bonds is 5. The van der Waals surface area contributed by atoms with E-state index in [0.29, 0.717) is 0 Å². The van der Waals surface area contributed by atoms with E-state index in [1.807, 2.05) is 28.2 Å². The average Bonchev–Trinajstić information content (AvgIpc) is 2.83. The van der Waals surface area contributed by atoms with Crippen molar-refractivity contribution in [1.29, 1.82) is 0 Å². The summed E-state index contributed by atoms with van der Waals surface area (Å²) in [6.45, 7) is 4.17. The molecular formula is C29H36FN3O. The van der Waals surface area contributed by atoms with Crippen molar-refractivity contribution in [1.82, 2.24) is 5.32 Å². The number of halogens is 1. The maximum absolute atomic E-state index is 13.8. The van der Waals surface area contributed by atoms with E-state index in [4.69, 9.17) is 0 Å². The Balaban J connectivity index is 1.79. The van der Waals surface area contributed by atoms with Crippen LogP contribution in [0.1, 0.15) is 42.6 Å².